The molecule has 0 aromatic heterocycles. The van der Waals surface area contributed by atoms with Crippen LogP contribution in [0, 0.1) is 5.82 Å². The fourth-order valence-electron chi connectivity index (χ4n) is 2.90. The summed E-state index contributed by atoms with van der Waals surface area (Å²) in [5.74, 6) is -2.81. The monoisotopic (exact) mass is 393 g/mol. The molecule has 0 spiro atoms. The first-order valence-electron chi connectivity index (χ1n) is 9.01. The molecule has 7 heteroatoms. The third kappa shape index (κ3) is 4.95. The lowest BCUT2D eigenvalue weighted by atomic mass is 10.0. The fraction of sp³-hybridized carbons (Fsp3) is 0.136. The van der Waals surface area contributed by atoms with Gasteiger partial charge in [0.05, 0.1) is 11.7 Å². The molecule has 3 amide bonds. The quantitative estimate of drug-likeness (QED) is 0.590. The summed E-state index contributed by atoms with van der Waals surface area (Å²) in [6.45, 7) is 3.02. The van der Waals surface area contributed by atoms with Crippen molar-refractivity contribution in [3.05, 3.63) is 72.0 Å². The molecule has 0 fully saturated rings. The predicted molar refractivity (Wildman–Crippen MR) is 110 cm³/mol. The van der Waals surface area contributed by atoms with E-state index in [1.807, 2.05) is 42.5 Å². The molecule has 0 heterocycles. The van der Waals surface area contributed by atoms with Crippen LogP contribution in [0.1, 0.15) is 25.5 Å². The number of carbonyl (C=O) groups excluding carboxylic acids is 3. The normalized spacial score (nSPS) is 11.6. The van der Waals surface area contributed by atoms with Gasteiger partial charge in [0.1, 0.15) is 5.82 Å². The summed E-state index contributed by atoms with van der Waals surface area (Å²) in [5, 5.41) is 9.48. The van der Waals surface area contributed by atoms with Crippen LogP contribution >= 0.6 is 0 Å². The molecule has 1 atom stereocenters. The van der Waals surface area contributed by atoms with Crippen molar-refractivity contribution in [2.24, 2.45) is 0 Å². The van der Waals surface area contributed by atoms with E-state index < -0.39 is 23.5 Å². The third-order valence-electron chi connectivity index (χ3n) is 4.36. The molecule has 3 N–H and O–H groups in total. The van der Waals surface area contributed by atoms with Crippen molar-refractivity contribution < 1.29 is 18.8 Å². The molecule has 6 nitrogen and oxygen atoms in total. The van der Waals surface area contributed by atoms with Gasteiger partial charge in [-0.2, -0.15) is 0 Å². The van der Waals surface area contributed by atoms with Gasteiger partial charge in [0.2, 0.25) is 5.91 Å². The fourth-order valence-corrected chi connectivity index (χ4v) is 2.90. The Morgan fingerprint density at radius 3 is 2.31 bits per heavy atom. The molecule has 0 aliphatic carbocycles. The number of hydrogen-bond acceptors (Lipinski definition) is 3. The minimum Gasteiger partial charge on any atom is -0.341 e. The first-order valence-corrected chi connectivity index (χ1v) is 9.01. The van der Waals surface area contributed by atoms with Crippen molar-refractivity contribution in [3.8, 4) is 0 Å². The summed E-state index contributed by atoms with van der Waals surface area (Å²) in [4.78, 5) is 35.6. The van der Waals surface area contributed by atoms with Crippen molar-refractivity contribution in [1.82, 2.24) is 5.32 Å². The number of nitrogens with one attached hydrogen (secondary N) is 3. The largest absolute Gasteiger partial charge is 0.341 e. The summed E-state index contributed by atoms with van der Waals surface area (Å²) in [6, 6.07) is 16.9. The number of hydrogen-bond donors (Lipinski definition) is 3. The van der Waals surface area contributed by atoms with Gasteiger partial charge in [0, 0.05) is 12.6 Å². The third-order valence-corrected chi connectivity index (χ3v) is 4.36. The van der Waals surface area contributed by atoms with Crippen molar-refractivity contribution in [1.29, 1.82) is 0 Å². The molecule has 0 bridgehead atoms. The minimum absolute atomic E-state index is 0.0831. The zero-order valence-electron chi connectivity index (χ0n) is 16.0. The van der Waals surface area contributed by atoms with Crippen molar-refractivity contribution in [2.45, 2.75) is 19.9 Å². The number of halogens is 1. The van der Waals surface area contributed by atoms with E-state index in [9.17, 15) is 18.8 Å². The van der Waals surface area contributed by atoms with E-state index in [-0.39, 0.29) is 17.4 Å². The van der Waals surface area contributed by atoms with Crippen molar-refractivity contribution >= 4 is 39.9 Å². The smallest absolute Gasteiger partial charge is 0.313 e. The summed E-state index contributed by atoms with van der Waals surface area (Å²) in [7, 11) is 0. The van der Waals surface area contributed by atoms with Gasteiger partial charge in [-0.3, -0.25) is 14.4 Å². The topological polar surface area (TPSA) is 87.3 Å². The summed E-state index contributed by atoms with van der Waals surface area (Å²) in [5.41, 5.74) is 0.966. The van der Waals surface area contributed by atoms with Crippen LogP contribution in [0.15, 0.2) is 60.7 Å². The molecular formula is C22H20FN3O3. The Hall–Kier alpha value is -3.74. The van der Waals surface area contributed by atoms with Gasteiger partial charge in [-0.05, 0) is 47.5 Å². The zero-order valence-corrected chi connectivity index (χ0v) is 16.0. The molecule has 0 saturated heterocycles. The average Bonchev–Trinajstić information content (AvgIpc) is 2.69. The number of fused-ring (bicyclic) bond motifs is 1. The van der Waals surface area contributed by atoms with Crippen LogP contribution in [0.5, 0.6) is 0 Å². The second kappa shape index (κ2) is 8.52. The molecule has 3 aromatic rings. The van der Waals surface area contributed by atoms with E-state index in [0.717, 1.165) is 22.4 Å². The molecular weight excluding hydrogens is 373 g/mol. The SMILES string of the molecule is CC(=O)Nc1cc(NC(=O)C(=O)N[C@@H](C)c2ccc3ccccc3c2)ccc1F. The van der Waals surface area contributed by atoms with Gasteiger partial charge < -0.3 is 16.0 Å². The van der Waals surface area contributed by atoms with E-state index >= 15 is 0 Å². The van der Waals surface area contributed by atoms with E-state index in [1.165, 1.54) is 19.1 Å². The number of rotatable bonds is 4. The lowest BCUT2D eigenvalue weighted by molar-refractivity contribution is -0.136. The van der Waals surface area contributed by atoms with Gasteiger partial charge in [-0.15, -0.1) is 0 Å². The van der Waals surface area contributed by atoms with Crippen LogP contribution in [0.2, 0.25) is 0 Å². The Labute approximate surface area is 167 Å². The Morgan fingerprint density at radius 1 is 0.862 bits per heavy atom. The Kier molecular flexibility index (Phi) is 5.87. The van der Waals surface area contributed by atoms with Gasteiger partial charge >= 0.3 is 11.8 Å². The number of benzene rings is 3. The summed E-state index contributed by atoms with van der Waals surface area (Å²) >= 11 is 0. The highest BCUT2D eigenvalue weighted by Gasteiger charge is 2.18. The van der Waals surface area contributed by atoms with Crippen molar-refractivity contribution in [2.75, 3.05) is 10.6 Å². The average molecular weight is 393 g/mol. The predicted octanol–water partition coefficient (Wildman–Crippen LogP) is 3.75. The van der Waals surface area contributed by atoms with E-state index in [0.29, 0.717) is 0 Å². The maximum atomic E-state index is 13.7. The van der Waals surface area contributed by atoms with Crippen LogP contribution in [-0.2, 0) is 14.4 Å². The van der Waals surface area contributed by atoms with E-state index in [4.69, 9.17) is 0 Å². The molecule has 3 rings (SSSR count). The second-order valence-electron chi connectivity index (χ2n) is 6.63. The Morgan fingerprint density at radius 2 is 1.59 bits per heavy atom. The summed E-state index contributed by atoms with van der Waals surface area (Å²) < 4.78 is 13.7. The molecule has 148 valence electrons. The first kappa shape index (κ1) is 20.0. The van der Waals surface area contributed by atoms with Crippen LogP contribution < -0.4 is 16.0 Å². The number of amides is 3. The highest BCUT2D eigenvalue weighted by molar-refractivity contribution is 6.39. The van der Waals surface area contributed by atoms with Gasteiger partial charge in [-0.1, -0.05) is 36.4 Å². The molecule has 0 aliphatic heterocycles. The maximum absolute atomic E-state index is 13.7. The Bertz CT molecular complexity index is 1100. The van der Waals surface area contributed by atoms with Gasteiger partial charge in [0.25, 0.3) is 0 Å². The highest BCUT2D eigenvalue weighted by atomic mass is 19.1. The van der Waals surface area contributed by atoms with Gasteiger partial charge in [-0.25, -0.2) is 4.39 Å². The van der Waals surface area contributed by atoms with Gasteiger partial charge in [0.15, 0.2) is 0 Å². The van der Waals surface area contributed by atoms with E-state index in [1.54, 1.807) is 6.92 Å². The maximum Gasteiger partial charge on any atom is 0.313 e. The molecule has 3 aromatic carbocycles. The summed E-state index contributed by atoms with van der Waals surface area (Å²) in [6.07, 6.45) is 0. The lowest BCUT2D eigenvalue weighted by Gasteiger charge is -2.15. The zero-order chi connectivity index (χ0) is 21.0. The highest BCUT2D eigenvalue weighted by Crippen LogP contribution is 2.21. The molecule has 0 aliphatic rings. The van der Waals surface area contributed by atoms with Crippen molar-refractivity contribution in [3.63, 3.8) is 0 Å². The standard InChI is InChI=1S/C22H20FN3O3/c1-13(16-8-7-15-5-3-4-6-17(15)11-16)24-21(28)22(29)26-18-9-10-19(23)20(12-18)25-14(2)27/h3-13H,1-2H3,(H,24,28)(H,25,27)(H,26,29)/t13-/m0/s1. The van der Waals surface area contributed by atoms with Crippen LogP contribution in [-0.4, -0.2) is 17.7 Å². The second-order valence-corrected chi connectivity index (χ2v) is 6.63. The number of carbonyl (C=O) groups is 3. The Balaban J connectivity index is 1.66. The molecule has 0 radical (unpaired) electrons. The van der Waals surface area contributed by atoms with Crippen LogP contribution in [0.4, 0.5) is 15.8 Å². The van der Waals surface area contributed by atoms with Crippen LogP contribution in [0.25, 0.3) is 10.8 Å². The van der Waals surface area contributed by atoms with Crippen LogP contribution in [0.3, 0.4) is 0 Å². The lowest BCUT2D eigenvalue weighted by Crippen LogP contribution is -2.36. The first-order chi connectivity index (χ1) is 13.8. The molecule has 0 unspecified atom stereocenters. The number of anilines is 2. The van der Waals surface area contributed by atoms with E-state index in [2.05, 4.69) is 16.0 Å². The molecule has 0 saturated carbocycles. The molecule has 29 heavy (non-hydrogen) atoms. The minimum atomic E-state index is -0.891.